The maximum atomic E-state index is 6.17. The van der Waals surface area contributed by atoms with Crippen LogP contribution in [0.4, 0.5) is 5.69 Å². The number of benzene rings is 2. The highest BCUT2D eigenvalue weighted by Crippen LogP contribution is 2.17. The average molecular weight is 311 g/mol. The van der Waals surface area contributed by atoms with Gasteiger partial charge in [0.15, 0.2) is 0 Å². The Bertz CT molecular complexity index is 598. The van der Waals surface area contributed by atoms with Gasteiger partial charge in [0, 0.05) is 12.7 Å². The molecular weight excluding hydrogens is 282 g/mol. The first-order chi connectivity index (χ1) is 11.1. The smallest absolute Gasteiger partial charge is 0.0546 e. The second kappa shape index (κ2) is 9.70. The van der Waals surface area contributed by atoms with Gasteiger partial charge in [0.25, 0.3) is 0 Å². The van der Waals surface area contributed by atoms with E-state index in [0.717, 1.165) is 16.9 Å². The molecule has 0 radical (unpaired) electrons. The lowest BCUT2D eigenvalue weighted by molar-refractivity contribution is 0.932. The molecule has 0 unspecified atom stereocenters. The predicted octanol–water partition coefficient (Wildman–Crippen LogP) is 4.27. The van der Waals surface area contributed by atoms with Gasteiger partial charge in [0.2, 0.25) is 0 Å². The summed E-state index contributed by atoms with van der Waals surface area (Å²) in [6.45, 7) is 8.82. The van der Waals surface area contributed by atoms with Crippen molar-refractivity contribution in [1.82, 2.24) is 5.32 Å². The molecule has 0 atom stereocenters. The van der Waals surface area contributed by atoms with Crippen LogP contribution in [0.15, 0.2) is 54.6 Å². The Morgan fingerprint density at radius 1 is 1.04 bits per heavy atom. The Hall–Kier alpha value is -2.26. The van der Waals surface area contributed by atoms with Crippen molar-refractivity contribution < 1.29 is 0 Å². The Morgan fingerprint density at radius 2 is 1.61 bits per heavy atom. The molecule has 2 aromatic carbocycles. The van der Waals surface area contributed by atoms with Gasteiger partial charge in [-0.1, -0.05) is 50.2 Å². The van der Waals surface area contributed by atoms with Gasteiger partial charge in [0.1, 0.15) is 0 Å². The molecule has 0 spiro atoms. The Labute approximate surface area is 140 Å². The maximum Gasteiger partial charge on any atom is 0.0546 e. The maximum absolute atomic E-state index is 6.17. The van der Waals surface area contributed by atoms with E-state index in [2.05, 4.69) is 55.6 Å². The summed E-state index contributed by atoms with van der Waals surface area (Å²) in [5.41, 5.74) is 5.72. The van der Waals surface area contributed by atoms with Crippen LogP contribution in [0.1, 0.15) is 30.5 Å². The van der Waals surface area contributed by atoms with E-state index in [0.29, 0.717) is 6.54 Å². The number of anilines is 1. The second-order valence-electron chi connectivity index (χ2n) is 5.23. The highest BCUT2D eigenvalue weighted by Gasteiger charge is 2.03. The van der Waals surface area contributed by atoms with E-state index < -0.39 is 0 Å². The van der Waals surface area contributed by atoms with Crippen LogP contribution in [-0.2, 0) is 0 Å². The number of hydrogen-bond donors (Lipinski definition) is 2. The van der Waals surface area contributed by atoms with E-state index in [1.165, 1.54) is 11.1 Å². The van der Waals surface area contributed by atoms with Gasteiger partial charge in [-0.05, 0) is 48.7 Å². The van der Waals surface area contributed by atoms with Crippen LogP contribution in [0.3, 0.4) is 0 Å². The summed E-state index contributed by atoms with van der Waals surface area (Å²) >= 11 is 0. The number of rotatable bonds is 5. The first kappa shape index (κ1) is 18.8. The lowest BCUT2D eigenvalue weighted by atomic mass is 10.1. The lowest BCUT2D eigenvalue weighted by Crippen LogP contribution is -2.31. The number of nitrogens with two attached hydrogens (primary N) is 1. The van der Waals surface area contributed by atoms with Crippen molar-refractivity contribution in [3.63, 3.8) is 0 Å². The monoisotopic (exact) mass is 311 g/mol. The first-order valence-electron chi connectivity index (χ1n) is 8.14. The summed E-state index contributed by atoms with van der Waals surface area (Å²) in [5.74, 6) is 6.17. The van der Waals surface area contributed by atoms with Gasteiger partial charge < -0.3 is 10.3 Å². The van der Waals surface area contributed by atoms with Gasteiger partial charge in [-0.25, -0.2) is 5.84 Å². The summed E-state index contributed by atoms with van der Waals surface area (Å²) in [6.07, 6.45) is 2.10. The summed E-state index contributed by atoms with van der Waals surface area (Å²) in [5, 5.41) is 4.99. The number of hydrogen-bond acceptors (Lipinski definition) is 3. The van der Waals surface area contributed by atoms with Crippen LogP contribution in [-0.4, -0.2) is 13.6 Å². The molecule has 0 saturated heterocycles. The zero-order valence-corrected chi connectivity index (χ0v) is 14.9. The Morgan fingerprint density at radius 3 is 2.13 bits per heavy atom. The molecule has 0 aliphatic carbocycles. The van der Waals surface area contributed by atoms with Crippen LogP contribution < -0.4 is 16.2 Å². The molecule has 3 nitrogen and oxygen atoms in total. The van der Waals surface area contributed by atoms with Crippen LogP contribution in [0.5, 0.6) is 0 Å². The van der Waals surface area contributed by atoms with Crippen LogP contribution >= 0.6 is 0 Å². The fourth-order valence-corrected chi connectivity index (χ4v) is 2.39. The minimum atomic E-state index is 0.647. The van der Waals surface area contributed by atoms with Crippen LogP contribution in [0.2, 0.25) is 0 Å². The number of hydrazine groups is 1. The van der Waals surface area contributed by atoms with E-state index in [1.807, 2.05) is 39.1 Å². The van der Waals surface area contributed by atoms with Crippen LogP contribution in [0, 0.1) is 13.8 Å². The SMILES string of the molecule is CC.CN/C(=C/CN(N)c1cc(C)cc(C)c1)c1ccccc1. The predicted molar refractivity (Wildman–Crippen MR) is 102 cm³/mol. The largest absolute Gasteiger partial charge is 0.388 e. The van der Waals surface area contributed by atoms with Crippen molar-refractivity contribution in [2.75, 3.05) is 18.6 Å². The highest BCUT2D eigenvalue weighted by atomic mass is 15.4. The van der Waals surface area contributed by atoms with Crippen molar-refractivity contribution in [3.8, 4) is 0 Å². The number of aryl methyl sites for hydroxylation is 2. The quantitative estimate of drug-likeness (QED) is 0.640. The molecule has 2 rings (SSSR count). The van der Waals surface area contributed by atoms with Crippen molar-refractivity contribution in [3.05, 3.63) is 71.3 Å². The molecule has 124 valence electrons. The second-order valence-corrected chi connectivity index (χ2v) is 5.23. The molecular formula is C20H29N3. The molecule has 0 heterocycles. The van der Waals surface area contributed by atoms with E-state index >= 15 is 0 Å². The molecule has 0 aromatic heterocycles. The number of nitrogens with one attached hydrogen (secondary N) is 1. The van der Waals surface area contributed by atoms with Gasteiger partial charge in [-0.3, -0.25) is 0 Å². The molecule has 0 aliphatic heterocycles. The normalized spacial score (nSPS) is 10.6. The standard InChI is InChI=1S/C18H23N3.C2H6/c1-14-11-15(2)13-17(12-14)21(19)10-9-18(20-3)16-7-5-4-6-8-16;1-2/h4-9,11-13,20H,10,19H2,1-3H3;1-2H3/b18-9+;. The van der Waals surface area contributed by atoms with Crippen molar-refractivity contribution in [2.45, 2.75) is 27.7 Å². The van der Waals surface area contributed by atoms with Gasteiger partial charge in [-0.15, -0.1) is 0 Å². The lowest BCUT2D eigenvalue weighted by Gasteiger charge is -2.19. The minimum absolute atomic E-state index is 0.647. The molecule has 0 saturated carbocycles. The summed E-state index contributed by atoms with van der Waals surface area (Å²) in [7, 11) is 1.93. The fraction of sp³-hybridized carbons (Fsp3) is 0.300. The van der Waals surface area contributed by atoms with E-state index in [-0.39, 0.29) is 0 Å². The Balaban J connectivity index is 0.00000127. The van der Waals surface area contributed by atoms with Gasteiger partial charge in [-0.2, -0.15) is 0 Å². The molecule has 3 heteroatoms. The van der Waals surface area contributed by atoms with E-state index in [9.17, 15) is 0 Å². The minimum Gasteiger partial charge on any atom is -0.388 e. The Kier molecular flexibility index (Phi) is 7.92. The summed E-state index contributed by atoms with van der Waals surface area (Å²) < 4.78 is 0. The third-order valence-corrected chi connectivity index (χ3v) is 3.38. The van der Waals surface area contributed by atoms with E-state index in [1.54, 1.807) is 5.01 Å². The number of nitrogens with zero attached hydrogens (tertiary/aromatic N) is 1. The molecule has 3 N–H and O–H groups in total. The summed E-state index contributed by atoms with van der Waals surface area (Å²) in [6, 6.07) is 16.6. The summed E-state index contributed by atoms with van der Waals surface area (Å²) in [4.78, 5) is 0. The van der Waals surface area contributed by atoms with Crippen molar-refractivity contribution in [2.24, 2.45) is 5.84 Å². The van der Waals surface area contributed by atoms with Crippen LogP contribution in [0.25, 0.3) is 5.70 Å². The van der Waals surface area contributed by atoms with Gasteiger partial charge in [0.05, 0.1) is 12.2 Å². The van der Waals surface area contributed by atoms with Crippen molar-refractivity contribution in [1.29, 1.82) is 0 Å². The molecule has 0 fully saturated rings. The average Bonchev–Trinajstić information content (AvgIpc) is 2.57. The molecule has 23 heavy (non-hydrogen) atoms. The first-order valence-corrected chi connectivity index (χ1v) is 8.14. The zero-order valence-electron chi connectivity index (χ0n) is 14.9. The molecule has 0 aliphatic rings. The third kappa shape index (κ3) is 5.80. The van der Waals surface area contributed by atoms with E-state index in [4.69, 9.17) is 5.84 Å². The molecule has 2 aromatic rings. The topological polar surface area (TPSA) is 41.3 Å². The fourth-order valence-electron chi connectivity index (χ4n) is 2.39. The molecule has 0 amide bonds. The molecule has 0 bridgehead atoms. The van der Waals surface area contributed by atoms with Gasteiger partial charge >= 0.3 is 0 Å². The zero-order chi connectivity index (χ0) is 17.2. The highest BCUT2D eigenvalue weighted by molar-refractivity contribution is 5.64. The third-order valence-electron chi connectivity index (χ3n) is 3.38. The van der Waals surface area contributed by atoms with Crippen molar-refractivity contribution >= 4 is 11.4 Å².